The maximum absolute atomic E-state index is 12.0. The molecular weight excluding hydrogens is 256 g/mol. The molecule has 0 aromatic carbocycles. The van der Waals surface area contributed by atoms with Crippen LogP contribution in [0.15, 0.2) is 0 Å². The van der Waals surface area contributed by atoms with Gasteiger partial charge in [0, 0.05) is 12.1 Å². The van der Waals surface area contributed by atoms with Gasteiger partial charge < -0.3 is 15.7 Å². The molecule has 116 valence electrons. The lowest BCUT2D eigenvalue weighted by molar-refractivity contribution is -0.141. The second-order valence-electron chi connectivity index (χ2n) is 5.79. The maximum Gasteiger partial charge on any atom is 0.315 e. The van der Waals surface area contributed by atoms with Crippen LogP contribution in [0.5, 0.6) is 0 Å². The Balaban J connectivity index is 2.32. The second kappa shape index (κ2) is 8.82. The fourth-order valence-electron chi connectivity index (χ4n) is 2.84. The third-order valence-electron chi connectivity index (χ3n) is 4.00. The van der Waals surface area contributed by atoms with Gasteiger partial charge in [-0.1, -0.05) is 33.1 Å². The summed E-state index contributed by atoms with van der Waals surface area (Å²) in [6, 6.07) is 0.0942. The second-order valence-corrected chi connectivity index (χ2v) is 5.79. The van der Waals surface area contributed by atoms with Gasteiger partial charge in [-0.15, -0.1) is 0 Å². The molecule has 3 atom stereocenters. The Morgan fingerprint density at radius 1 is 1.20 bits per heavy atom. The summed E-state index contributed by atoms with van der Waals surface area (Å²) >= 11 is 0. The number of hydrogen-bond acceptors (Lipinski definition) is 2. The Morgan fingerprint density at radius 3 is 2.50 bits per heavy atom. The van der Waals surface area contributed by atoms with E-state index in [1.165, 1.54) is 0 Å². The summed E-state index contributed by atoms with van der Waals surface area (Å²) in [6.07, 6.45) is 7.29. The number of carboxylic acids is 1. The minimum Gasteiger partial charge on any atom is -0.481 e. The number of urea groups is 1. The number of carboxylic acid groups (broad SMARTS) is 1. The molecule has 0 heterocycles. The number of carbonyl (C=O) groups excluding carboxylic acids is 1. The maximum atomic E-state index is 12.0. The van der Waals surface area contributed by atoms with Gasteiger partial charge in [-0.3, -0.25) is 4.79 Å². The first kappa shape index (κ1) is 16.8. The third-order valence-corrected chi connectivity index (χ3v) is 4.00. The molecule has 1 aliphatic carbocycles. The van der Waals surface area contributed by atoms with E-state index in [1.807, 2.05) is 0 Å². The molecule has 0 radical (unpaired) electrons. The van der Waals surface area contributed by atoms with Crippen LogP contribution in [0.25, 0.3) is 0 Å². The molecule has 1 saturated carbocycles. The summed E-state index contributed by atoms with van der Waals surface area (Å²) in [5.74, 6) is -1.05. The van der Waals surface area contributed by atoms with Crippen LogP contribution in [-0.2, 0) is 4.79 Å². The van der Waals surface area contributed by atoms with Crippen molar-refractivity contribution in [3.05, 3.63) is 0 Å². The van der Waals surface area contributed by atoms with Crippen molar-refractivity contribution in [2.24, 2.45) is 5.92 Å². The molecule has 1 unspecified atom stereocenters. The Labute approximate surface area is 121 Å². The van der Waals surface area contributed by atoms with E-state index < -0.39 is 5.97 Å². The predicted molar refractivity (Wildman–Crippen MR) is 78.7 cm³/mol. The number of unbranched alkanes of at least 4 members (excludes halogenated alkanes) is 1. The summed E-state index contributed by atoms with van der Waals surface area (Å²) in [6.45, 7) is 4.26. The highest BCUT2D eigenvalue weighted by Gasteiger charge is 2.30. The Kier molecular flexibility index (Phi) is 7.41. The number of nitrogens with one attached hydrogen (secondary N) is 2. The van der Waals surface area contributed by atoms with E-state index in [2.05, 4.69) is 24.5 Å². The molecule has 3 N–H and O–H groups in total. The Morgan fingerprint density at radius 2 is 1.95 bits per heavy atom. The van der Waals surface area contributed by atoms with Crippen molar-refractivity contribution in [1.29, 1.82) is 0 Å². The summed E-state index contributed by atoms with van der Waals surface area (Å²) in [4.78, 5) is 22.8. The lowest BCUT2D eigenvalue weighted by Crippen LogP contribution is -2.45. The van der Waals surface area contributed by atoms with E-state index in [0.717, 1.165) is 38.5 Å². The van der Waals surface area contributed by atoms with Gasteiger partial charge in [0.05, 0.1) is 5.92 Å². The smallest absolute Gasteiger partial charge is 0.315 e. The average molecular weight is 284 g/mol. The predicted octanol–water partition coefficient (Wildman–Crippen LogP) is 2.90. The van der Waals surface area contributed by atoms with Gasteiger partial charge >= 0.3 is 12.0 Å². The van der Waals surface area contributed by atoms with Gasteiger partial charge in [-0.05, 0) is 32.1 Å². The van der Waals surface area contributed by atoms with Crippen LogP contribution in [-0.4, -0.2) is 29.2 Å². The lowest BCUT2D eigenvalue weighted by Gasteiger charge is -2.20. The van der Waals surface area contributed by atoms with Crippen LogP contribution in [0.3, 0.4) is 0 Å². The number of rotatable bonds is 8. The van der Waals surface area contributed by atoms with Crippen LogP contribution in [0.2, 0.25) is 0 Å². The van der Waals surface area contributed by atoms with E-state index >= 15 is 0 Å². The van der Waals surface area contributed by atoms with Crippen LogP contribution in [0.1, 0.15) is 65.2 Å². The number of hydrogen-bond donors (Lipinski definition) is 3. The SMILES string of the molecule is CCCCC(CCC)NC(=O)N[C@H]1CC[C@@H](C(=O)O)C1. The van der Waals surface area contributed by atoms with Gasteiger partial charge in [0.25, 0.3) is 0 Å². The Hall–Kier alpha value is -1.26. The highest BCUT2D eigenvalue weighted by molar-refractivity contribution is 5.75. The number of amides is 2. The summed E-state index contributed by atoms with van der Waals surface area (Å²) in [5.41, 5.74) is 0. The number of aliphatic carboxylic acids is 1. The molecule has 1 fully saturated rings. The summed E-state index contributed by atoms with van der Waals surface area (Å²) in [5, 5.41) is 14.9. The van der Waals surface area contributed by atoms with Gasteiger partial charge in [-0.2, -0.15) is 0 Å². The fraction of sp³-hybridized carbons (Fsp3) is 0.867. The number of carbonyl (C=O) groups is 2. The topological polar surface area (TPSA) is 78.4 Å². The molecule has 0 saturated heterocycles. The molecule has 20 heavy (non-hydrogen) atoms. The molecule has 1 rings (SSSR count). The molecule has 0 aromatic rings. The minimum absolute atomic E-state index is 0.00421. The van der Waals surface area contributed by atoms with Crippen LogP contribution in [0.4, 0.5) is 4.79 Å². The highest BCUT2D eigenvalue weighted by Crippen LogP contribution is 2.25. The first-order valence-electron chi connectivity index (χ1n) is 7.86. The van der Waals surface area contributed by atoms with Gasteiger partial charge in [0.15, 0.2) is 0 Å². The standard InChI is InChI=1S/C15H28N2O3/c1-3-5-7-12(6-4-2)16-15(20)17-13-9-8-11(10-13)14(18)19/h11-13H,3-10H2,1-2H3,(H,18,19)(H2,16,17,20)/t11-,12?,13+/m1/s1. The molecule has 0 spiro atoms. The molecule has 0 bridgehead atoms. The van der Waals surface area contributed by atoms with E-state index in [9.17, 15) is 9.59 Å². The highest BCUT2D eigenvalue weighted by atomic mass is 16.4. The normalized spacial score (nSPS) is 23.3. The zero-order valence-electron chi connectivity index (χ0n) is 12.7. The monoisotopic (exact) mass is 284 g/mol. The summed E-state index contributed by atoms with van der Waals surface area (Å²) in [7, 11) is 0. The zero-order chi connectivity index (χ0) is 15.0. The lowest BCUT2D eigenvalue weighted by atomic mass is 10.1. The van der Waals surface area contributed by atoms with E-state index in [0.29, 0.717) is 12.8 Å². The third kappa shape index (κ3) is 5.80. The Bertz CT molecular complexity index is 320. The van der Waals surface area contributed by atoms with Crippen molar-refractivity contribution in [2.45, 2.75) is 77.3 Å². The van der Waals surface area contributed by atoms with Crippen LogP contribution < -0.4 is 10.6 Å². The van der Waals surface area contributed by atoms with E-state index in [4.69, 9.17) is 5.11 Å². The van der Waals surface area contributed by atoms with Gasteiger partial charge in [0.1, 0.15) is 0 Å². The summed E-state index contributed by atoms with van der Waals surface area (Å²) < 4.78 is 0. The first-order chi connectivity index (χ1) is 9.56. The van der Waals surface area contributed by atoms with Crippen LogP contribution >= 0.6 is 0 Å². The zero-order valence-corrected chi connectivity index (χ0v) is 12.7. The van der Waals surface area contributed by atoms with E-state index in [1.54, 1.807) is 0 Å². The molecule has 5 nitrogen and oxygen atoms in total. The molecule has 0 aromatic heterocycles. The first-order valence-corrected chi connectivity index (χ1v) is 7.86. The quantitative estimate of drug-likeness (QED) is 0.641. The van der Waals surface area contributed by atoms with Crippen molar-refractivity contribution in [2.75, 3.05) is 0 Å². The largest absolute Gasteiger partial charge is 0.481 e. The molecule has 2 amide bonds. The molecule has 5 heteroatoms. The van der Waals surface area contributed by atoms with Crippen molar-refractivity contribution >= 4 is 12.0 Å². The molecule has 1 aliphatic rings. The van der Waals surface area contributed by atoms with Crippen molar-refractivity contribution < 1.29 is 14.7 Å². The fourth-order valence-corrected chi connectivity index (χ4v) is 2.84. The van der Waals surface area contributed by atoms with Crippen molar-refractivity contribution in [3.8, 4) is 0 Å². The average Bonchev–Trinajstić information content (AvgIpc) is 2.84. The molecule has 0 aliphatic heterocycles. The van der Waals surface area contributed by atoms with Gasteiger partial charge in [0.2, 0.25) is 0 Å². The molecular formula is C15H28N2O3. The van der Waals surface area contributed by atoms with E-state index in [-0.39, 0.29) is 24.0 Å². The van der Waals surface area contributed by atoms with Crippen LogP contribution in [0, 0.1) is 5.92 Å². The van der Waals surface area contributed by atoms with Crippen molar-refractivity contribution in [3.63, 3.8) is 0 Å². The van der Waals surface area contributed by atoms with Gasteiger partial charge in [-0.25, -0.2) is 4.79 Å². The minimum atomic E-state index is -0.749. The van der Waals surface area contributed by atoms with Crippen molar-refractivity contribution in [1.82, 2.24) is 10.6 Å².